The van der Waals surface area contributed by atoms with Crippen molar-refractivity contribution in [3.8, 4) is 0 Å². The van der Waals surface area contributed by atoms with Crippen molar-refractivity contribution in [3.63, 3.8) is 0 Å². The maximum absolute atomic E-state index is 10.6. The van der Waals surface area contributed by atoms with Gasteiger partial charge in [0.1, 0.15) is 14.1 Å². The van der Waals surface area contributed by atoms with Crippen molar-refractivity contribution in [2.24, 2.45) is 25.6 Å². The number of carbonyl (C=O) groups is 3. The van der Waals surface area contributed by atoms with Gasteiger partial charge in [-0.3, -0.25) is 9.59 Å². The number of nitrogens with two attached hydrogens (primary N) is 2. The number of hydrogen-bond donors (Lipinski definition) is 2. The average molecular weight is 509 g/mol. The number of aromatic nitrogens is 2. The highest BCUT2D eigenvalue weighted by Gasteiger charge is 2.10. The molecule has 2 aromatic rings. The second kappa shape index (κ2) is 21.5. The summed E-state index contributed by atoms with van der Waals surface area (Å²) in [6.07, 6.45) is 14.7. The molecule has 2 heterocycles. The van der Waals surface area contributed by atoms with Crippen molar-refractivity contribution >= 4 is 17.8 Å². The van der Waals surface area contributed by atoms with Gasteiger partial charge < -0.3 is 33.8 Å². The molecule has 2 aromatic heterocycles. The number of amides is 2. The Labute approximate surface area is 215 Å². The Kier molecular flexibility index (Phi) is 21.0. The summed E-state index contributed by atoms with van der Waals surface area (Å²) in [5.41, 5.74) is 11.1. The van der Waals surface area contributed by atoms with Crippen LogP contribution in [0.15, 0.2) is 48.8 Å². The van der Waals surface area contributed by atoms with Crippen LogP contribution in [-0.2, 0) is 18.9 Å². The first-order chi connectivity index (χ1) is 16.2. The van der Waals surface area contributed by atoms with Crippen molar-refractivity contribution in [1.29, 1.82) is 0 Å². The molecule has 0 saturated heterocycles. The molecule has 2 rings (SSSR count). The normalized spacial score (nSPS) is 9.46. The highest BCUT2D eigenvalue weighted by atomic mass is 35.5. The van der Waals surface area contributed by atoms with E-state index in [2.05, 4.69) is 6.92 Å². The van der Waals surface area contributed by atoms with Crippen LogP contribution < -0.4 is 38.1 Å². The van der Waals surface area contributed by atoms with Gasteiger partial charge in [-0.2, -0.15) is 9.13 Å². The molecule has 0 saturated carbocycles. The Bertz CT molecular complexity index is 822. The zero-order valence-corrected chi connectivity index (χ0v) is 22.0. The van der Waals surface area contributed by atoms with E-state index in [1.165, 1.54) is 44.9 Å². The Morgan fingerprint density at radius 2 is 1.09 bits per heavy atom. The Morgan fingerprint density at radius 1 is 0.714 bits per heavy atom. The zero-order valence-electron chi connectivity index (χ0n) is 21.2. The second-order valence-electron chi connectivity index (χ2n) is 8.07. The lowest BCUT2D eigenvalue weighted by Crippen LogP contribution is -3.00. The van der Waals surface area contributed by atoms with Gasteiger partial charge in [0.2, 0.25) is 0 Å². The fourth-order valence-corrected chi connectivity index (χ4v) is 3.14. The average Bonchev–Trinajstić information content (AvgIpc) is 2.79. The second-order valence-corrected chi connectivity index (χ2v) is 8.07. The third-order valence-corrected chi connectivity index (χ3v) is 5.10. The molecule has 0 bridgehead atoms. The third kappa shape index (κ3) is 18.1. The molecule has 0 aliphatic rings. The molecule has 2 amide bonds. The molecule has 4 N–H and O–H groups in total. The van der Waals surface area contributed by atoms with Gasteiger partial charge in [0, 0.05) is 30.2 Å². The fourth-order valence-electron chi connectivity index (χ4n) is 3.14. The van der Waals surface area contributed by atoms with E-state index >= 15 is 0 Å². The predicted molar refractivity (Wildman–Crippen MR) is 129 cm³/mol. The molecule has 196 valence electrons. The molecule has 0 unspecified atom stereocenters. The van der Waals surface area contributed by atoms with Crippen LogP contribution in [0.25, 0.3) is 0 Å². The number of aliphatic carboxylic acids is 1. The van der Waals surface area contributed by atoms with Crippen LogP contribution in [0.1, 0.15) is 92.1 Å². The van der Waals surface area contributed by atoms with Crippen molar-refractivity contribution in [2.75, 3.05) is 0 Å². The van der Waals surface area contributed by atoms with E-state index in [1.54, 1.807) is 59.9 Å². The van der Waals surface area contributed by atoms with Crippen LogP contribution in [0.4, 0.5) is 0 Å². The minimum absolute atomic E-state index is 0. The van der Waals surface area contributed by atoms with Gasteiger partial charge in [-0.1, -0.05) is 58.3 Å². The van der Waals surface area contributed by atoms with Crippen LogP contribution in [0, 0.1) is 0 Å². The predicted octanol–water partition coefficient (Wildman–Crippen LogP) is -1.12. The fraction of sp³-hybridized carbons (Fsp3) is 0.500. The maximum Gasteiger partial charge on any atom is 0.313 e. The largest absolute Gasteiger partial charge is 1.00 e. The van der Waals surface area contributed by atoms with E-state index < -0.39 is 17.8 Å². The number of rotatable bonds is 12. The smallest absolute Gasteiger partial charge is 0.313 e. The number of primary amides is 2. The number of halogens is 1. The quantitative estimate of drug-likeness (QED) is 0.277. The number of pyridine rings is 2. The summed E-state index contributed by atoms with van der Waals surface area (Å²) >= 11 is 0. The molecular formula is C26H41ClN4O4. The van der Waals surface area contributed by atoms with Gasteiger partial charge in [0.05, 0.1) is 0 Å². The van der Waals surface area contributed by atoms with Gasteiger partial charge >= 0.3 is 11.8 Å². The van der Waals surface area contributed by atoms with Crippen LogP contribution in [-0.4, -0.2) is 17.8 Å². The maximum atomic E-state index is 10.6. The minimum atomic E-state index is -0.909. The lowest BCUT2D eigenvalue weighted by Gasteiger charge is -2.02. The highest BCUT2D eigenvalue weighted by Crippen LogP contribution is 2.10. The monoisotopic (exact) mass is 508 g/mol. The van der Waals surface area contributed by atoms with Gasteiger partial charge in [-0.15, -0.1) is 0 Å². The standard InChI is InChI=1S/C12H24O2.2C7H8N2O.ClH/c1-2-3-4-5-6-7-8-9-10-11-12(13)14;2*1-9-5-3-2-4-6(9)7(8)10;/h2-11H2,1H3,(H,13,14);2*2-5H,1H3,(H-,8,10);1H. The summed E-state index contributed by atoms with van der Waals surface area (Å²) in [6.45, 7) is 2.22. The molecule has 0 radical (unpaired) electrons. The minimum Gasteiger partial charge on any atom is -1.00 e. The summed E-state index contributed by atoms with van der Waals surface area (Å²) in [4.78, 5) is 31.3. The van der Waals surface area contributed by atoms with Crippen LogP contribution in [0.3, 0.4) is 0 Å². The van der Waals surface area contributed by atoms with Gasteiger partial charge in [-0.05, 0) is 25.0 Å². The van der Waals surface area contributed by atoms with Gasteiger partial charge in [0.25, 0.3) is 11.4 Å². The van der Waals surface area contributed by atoms with Gasteiger partial charge in [0.15, 0.2) is 12.4 Å². The van der Waals surface area contributed by atoms with E-state index in [1.807, 2.05) is 12.1 Å². The van der Waals surface area contributed by atoms with Gasteiger partial charge in [-0.25, -0.2) is 0 Å². The summed E-state index contributed by atoms with van der Waals surface area (Å²) in [5, 5.41) is 10.1. The Balaban J connectivity index is 0. The zero-order chi connectivity index (χ0) is 25.8. The van der Waals surface area contributed by atoms with Crippen LogP contribution in [0.5, 0.6) is 0 Å². The first kappa shape index (κ1) is 34.2. The number of carboxylic acids is 1. The SMILES string of the molecule is CCCCCCCCCCCC(=O)[O-].C[n+]1ccccc1C(N)=O.C[n+]1ccccc1C(N)=O.[Cl-]. The lowest BCUT2D eigenvalue weighted by molar-refractivity contribution is -0.673. The van der Waals surface area contributed by atoms with E-state index in [0.29, 0.717) is 11.4 Å². The number of aryl methyl sites for hydroxylation is 2. The molecule has 9 heteroatoms. The Morgan fingerprint density at radius 3 is 1.37 bits per heavy atom. The summed E-state index contributed by atoms with van der Waals surface area (Å²) < 4.78 is 3.37. The number of carbonyl (C=O) groups excluding carboxylic acids is 3. The van der Waals surface area contributed by atoms with E-state index in [-0.39, 0.29) is 18.8 Å². The first-order valence-corrected chi connectivity index (χ1v) is 11.9. The first-order valence-electron chi connectivity index (χ1n) is 11.9. The molecule has 0 fully saturated rings. The van der Waals surface area contributed by atoms with Crippen molar-refractivity contribution in [3.05, 3.63) is 60.2 Å². The van der Waals surface area contributed by atoms with Crippen molar-refractivity contribution in [1.82, 2.24) is 0 Å². The third-order valence-electron chi connectivity index (χ3n) is 5.10. The molecule has 0 spiro atoms. The van der Waals surface area contributed by atoms with E-state index in [4.69, 9.17) is 11.5 Å². The van der Waals surface area contributed by atoms with Crippen LogP contribution >= 0.6 is 0 Å². The summed E-state index contributed by atoms with van der Waals surface area (Å²) in [6, 6.07) is 10.6. The number of unbranched alkanes of at least 4 members (excludes halogenated alkanes) is 8. The molecule has 0 atom stereocenters. The summed E-state index contributed by atoms with van der Waals surface area (Å²) in [7, 11) is 3.56. The Hall–Kier alpha value is -3.00. The topological polar surface area (TPSA) is 134 Å². The molecule has 35 heavy (non-hydrogen) atoms. The van der Waals surface area contributed by atoms with E-state index in [9.17, 15) is 19.5 Å². The molecule has 0 aromatic carbocycles. The molecular weight excluding hydrogens is 468 g/mol. The van der Waals surface area contributed by atoms with Crippen LogP contribution in [0.2, 0.25) is 0 Å². The highest BCUT2D eigenvalue weighted by molar-refractivity contribution is 5.89. The van der Waals surface area contributed by atoms with E-state index in [0.717, 1.165) is 12.8 Å². The molecule has 0 aliphatic heterocycles. The van der Waals surface area contributed by atoms with Crippen molar-refractivity contribution < 1.29 is 41.0 Å². The number of hydrogen-bond acceptors (Lipinski definition) is 4. The lowest BCUT2D eigenvalue weighted by atomic mass is 10.1. The molecule has 0 aliphatic carbocycles. The summed E-state index contributed by atoms with van der Waals surface area (Å²) in [5.74, 6) is -1.71. The van der Waals surface area contributed by atoms with Crippen molar-refractivity contribution in [2.45, 2.75) is 71.1 Å². The number of carboxylic acid groups (broad SMARTS) is 1. The molecule has 8 nitrogen and oxygen atoms in total. The number of nitrogens with zero attached hydrogens (tertiary/aromatic N) is 2.